The van der Waals surface area contributed by atoms with Crippen molar-refractivity contribution in [2.24, 2.45) is 5.92 Å². The van der Waals surface area contributed by atoms with E-state index in [1.807, 2.05) is 54.6 Å². The van der Waals surface area contributed by atoms with Gasteiger partial charge in [0, 0.05) is 11.9 Å². The second-order valence-corrected chi connectivity index (χ2v) is 7.42. The molecule has 2 aromatic carbocycles. The molecule has 0 unspecified atom stereocenters. The van der Waals surface area contributed by atoms with Crippen molar-refractivity contribution >= 4 is 21.9 Å². The number of pyridine rings is 1. The third-order valence-corrected chi connectivity index (χ3v) is 5.55. The Bertz CT molecular complexity index is 1150. The highest BCUT2D eigenvalue weighted by atomic mass is 16.1. The van der Waals surface area contributed by atoms with Crippen molar-refractivity contribution in [1.29, 1.82) is 0 Å². The minimum Gasteiger partial charge on any atom is -0.338 e. The topological polar surface area (TPSA) is 74.7 Å². The number of fused-ring (bicyclic) bond motifs is 2. The molecule has 0 spiro atoms. The summed E-state index contributed by atoms with van der Waals surface area (Å²) >= 11 is 0. The average Bonchev–Trinajstić information content (AvgIpc) is 3.17. The van der Waals surface area contributed by atoms with Crippen LogP contribution in [0, 0.1) is 5.92 Å². The molecule has 4 aromatic rings. The summed E-state index contributed by atoms with van der Waals surface area (Å²) in [5, 5.41) is 4.40. The van der Waals surface area contributed by atoms with Gasteiger partial charge in [0.05, 0.1) is 22.1 Å². The fourth-order valence-electron chi connectivity index (χ4n) is 3.97. The molecule has 142 valence electrons. The van der Waals surface area contributed by atoms with Crippen molar-refractivity contribution < 1.29 is 0 Å². The third kappa shape index (κ3) is 3.05. The molecule has 0 saturated carbocycles. The van der Waals surface area contributed by atoms with Gasteiger partial charge in [-0.25, -0.2) is 9.66 Å². The van der Waals surface area contributed by atoms with Gasteiger partial charge in [-0.2, -0.15) is 0 Å². The van der Waals surface area contributed by atoms with E-state index in [2.05, 4.69) is 20.7 Å². The molecule has 2 aromatic heterocycles. The molecule has 1 aliphatic rings. The number of hydrogen-bond donors (Lipinski definition) is 3. The van der Waals surface area contributed by atoms with Crippen LogP contribution in [-0.2, 0) is 0 Å². The van der Waals surface area contributed by atoms with Crippen molar-refractivity contribution in [1.82, 2.24) is 20.0 Å². The number of benzene rings is 2. The van der Waals surface area contributed by atoms with Crippen molar-refractivity contribution in [3.8, 4) is 11.4 Å². The Hall–Kier alpha value is -3.12. The van der Waals surface area contributed by atoms with Crippen LogP contribution in [-0.4, -0.2) is 34.3 Å². The van der Waals surface area contributed by atoms with E-state index in [9.17, 15) is 4.79 Å². The normalized spacial score (nSPS) is 15.3. The smallest absolute Gasteiger partial charge is 0.280 e. The highest BCUT2D eigenvalue weighted by molar-refractivity contribution is 5.85. The Morgan fingerprint density at radius 3 is 2.71 bits per heavy atom. The maximum atomic E-state index is 13.4. The molecule has 0 radical (unpaired) electrons. The molecule has 6 nitrogen and oxygen atoms in total. The molecule has 0 amide bonds. The van der Waals surface area contributed by atoms with E-state index in [0.29, 0.717) is 17.3 Å². The standard InChI is InChI=1S/C22H23N5O/c28-22-17(21-25-18-6-2-3-7-19(18)26-21)13-16-5-1-4-8-20(16)27(22)24-14-15-9-11-23-12-10-15/h1-8,13,15,23-24H,9-12,14H2,(H,25,26). The van der Waals surface area contributed by atoms with Gasteiger partial charge < -0.3 is 15.7 Å². The quantitative estimate of drug-likeness (QED) is 0.514. The lowest BCUT2D eigenvalue weighted by molar-refractivity contribution is 0.382. The van der Waals surface area contributed by atoms with Crippen LogP contribution in [0.3, 0.4) is 0 Å². The van der Waals surface area contributed by atoms with Gasteiger partial charge in [0.1, 0.15) is 5.82 Å². The van der Waals surface area contributed by atoms with E-state index in [-0.39, 0.29) is 5.56 Å². The van der Waals surface area contributed by atoms with Crippen LogP contribution in [0.25, 0.3) is 33.3 Å². The predicted octanol–water partition coefficient (Wildman–Crippen LogP) is 3.09. The first-order chi connectivity index (χ1) is 13.8. The van der Waals surface area contributed by atoms with Crippen LogP contribution in [0.1, 0.15) is 12.8 Å². The maximum Gasteiger partial charge on any atom is 0.280 e. The van der Waals surface area contributed by atoms with Gasteiger partial charge in [-0.05, 0) is 56.1 Å². The van der Waals surface area contributed by atoms with Gasteiger partial charge in [0.25, 0.3) is 5.56 Å². The average molecular weight is 373 g/mol. The molecule has 0 atom stereocenters. The fraction of sp³-hybridized carbons (Fsp3) is 0.273. The molecule has 6 heteroatoms. The predicted molar refractivity (Wildman–Crippen MR) is 113 cm³/mol. The summed E-state index contributed by atoms with van der Waals surface area (Å²) in [5.41, 5.74) is 6.58. The van der Waals surface area contributed by atoms with Gasteiger partial charge in [0.2, 0.25) is 0 Å². The zero-order valence-electron chi connectivity index (χ0n) is 15.6. The van der Waals surface area contributed by atoms with Crippen LogP contribution in [0.4, 0.5) is 0 Å². The molecule has 28 heavy (non-hydrogen) atoms. The minimum absolute atomic E-state index is 0.0771. The zero-order chi connectivity index (χ0) is 18.9. The van der Waals surface area contributed by atoms with Gasteiger partial charge in [-0.1, -0.05) is 30.3 Å². The summed E-state index contributed by atoms with van der Waals surface area (Å²) in [6.45, 7) is 2.87. The Morgan fingerprint density at radius 2 is 1.86 bits per heavy atom. The number of hydrogen-bond acceptors (Lipinski definition) is 4. The van der Waals surface area contributed by atoms with Gasteiger partial charge in [0.15, 0.2) is 0 Å². The molecule has 1 saturated heterocycles. The van der Waals surface area contributed by atoms with Crippen LogP contribution >= 0.6 is 0 Å². The van der Waals surface area contributed by atoms with E-state index in [1.54, 1.807) is 4.68 Å². The van der Waals surface area contributed by atoms with Crippen LogP contribution in [0.2, 0.25) is 0 Å². The second kappa shape index (κ2) is 7.13. The number of imidazole rings is 1. The number of H-pyrrole nitrogens is 1. The number of piperidine rings is 1. The molecule has 1 fully saturated rings. The third-order valence-electron chi connectivity index (χ3n) is 5.55. The highest BCUT2D eigenvalue weighted by Crippen LogP contribution is 2.21. The number of nitrogens with zero attached hydrogens (tertiary/aromatic N) is 2. The minimum atomic E-state index is -0.0771. The number of aromatic nitrogens is 3. The van der Waals surface area contributed by atoms with E-state index >= 15 is 0 Å². The Morgan fingerprint density at radius 1 is 1.07 bits per heavy atom. The summed E-state index contributed by atoms with van der Waals surface area (Å²) in [7, 11) is 0. The highest BCUT2D eigenvalue weighted by Gasteiger charge is 2.17. The summed E-state index contributed by atoms with van der Waals surface area (Å²) in [6, 6.07) is 17.7. The van der Waals surface area contributed by atoms with Crippen LogP contribution < -0.4 is 16.3 Å². The van der Waals surface area contributed by atoms with E-state index in [4.69, 9.17) is 0 Å². The molecule has 5 rings (SSSR count). The van der Waals surface area contributed by atoms with E-state index in [0.717, 1.165) is 54.4 Å². The van der Waals surface area contributed by atoms with Crippen LogP contribution in [0.5, 0.6) is 0 Å². The summed E-state index contributed by atoms with van der Waals surface area (Å²) in [6.07, 6.45) is 2.26. The Kier molecular flexibility index (Phi) is 4.33. The van der Waals surface area contributed by atoms with E-state index < -0.39 is 0 Å². The number of para-hydroxylation sites is 3. The van der Waals surface area contributed by atoms with E-state index in [1.165, 1.54) is 0 Å². The Balaban J connectivity index is 1.59. The first-order valence-electron chi connectivity index (χ1n) is 9.84. The molecule has 1 aliphatic heterocycles. The second-order valence-electron chi connectivity index (χ2n) is 7.42. The summed E-state index contributed by atoms with van der Waals surface area (Å²) < 4.78 is 1.69. The number of rotatable bonds is 4. The van der Waals surface area contributed by atoms with Crippen molar-refractivity contribution in [2.45, 2.75) is 12.8 Å². The largest absolute Gasteiger partial charge is 0.338 e. The molecule has 3 heterocycles. The number of nitrogens with one attached hydrogen (secondary N) is 3. The zero-order valence-corrected chi connectivity index (χ0v) is 15.6. The summed E-state index contributed by atoms with van der Waals surface area (Å²) in [4.78, 5) is 21.3. The molecule has 3 N–H and O–H groups in total. The first kappa shape index (κ1) is 17.0. The molecule has 0 aliphatic carbocycles. The lowest BCUT2D eigenvalue weighted by atomic mass is 9.99. The SMILES string of the molecule is O=c1c(-c2nc3ccccc3[nH]2)cc2ccccc2n1NCC1CCNCC1. The first-order valence-corrected chi connectivity index (χ1v) is 9.84. The molecular formula is C22H23N5O. The van der Waals surface area contributed by atoms with Gasteiger partial charge >= 0.3 is 0 Å². The lowest BCUT2D eigenvalue weighted by Gasteiger charge is -2.24. The fourth-order valence-corrected chi connectivity index (χ4v) is 3.97. The lowest BCUT2D eigenvalue weighted by Crippen LogP contribution is -2.37. The Labute approximate surface area is 162 Å². The van der Waals surface area contributed by atoms with Crippen molar-refractivity contribution in [2.75, 3.05) is 25.1 Å². The monoisotopic (exact) mass is 373 g/mol. The molecule has 0 bridgehead atoms. The van der Waals surface area contributed by atoms with Crippen molar-refractivity contribution in [3.05, 3.63) is 65.0 Å². The van der Waals surface area contributed by atoms with Crippen LogP contribution in [0.15, 0.2) is 59.4 Å². The van der Waals surface area contributed by atoms with Gasteiger partial charge in [-0.15, -0.1) is 0 Å². The number of aromatic amines is 1. The summed E-state index contributed by atoms with van der Waals surface area (Å²) in [5.74, 6) is 1.18. The van der Waals surface area contributed by atoms with Gasteiger partial charge in [-0.3, -0.25) is 4.79 Å². The maximum absolute atomic E-state index is 13.4. The molecular weight excluding hydrogens is 350 g/mol. The van der Waals surface area contributed by atoms with Crippen molar-refractivity contribution in [3.63, 3.8) is 0 Å².